The fraction of sp³-hybridized carbons (Fsp3) is 0. The van der Waals surface area contributed by atoms with Crippen molar-refractivity contribution < 1.29 is 13.3 Å². The molecule has 0 saturated carbocycles. The number of halogens is 4. The summed E-state index contributed by atoms with van der Waals surface area (Å²) in [6, 6.07) is 1.44. The van der Waals surface area contributed by atoms with Gasteiger partial charge in [-0.2, -0.15) is 0 Å². The topological polar surface area (TPSA) is 23.1 Å². The Balaban J connectivity index is 3.23. The van der Waals surface area contributed by atoms with Crippen LogP contribution in [0.15, 0.2) is 17.0 Å². The Bertz CT molecular complexity index is 306. The molecule has 0 aliphatic rings. The van der Waals surface area contributed by atoms with Crippen molar-refractivity contribution in [2.75, 3.05) is 0 Å². The van der Waals surface area contributed by atoms with E-state index in [4.69, 9.17) is 22.3 Å². The van der Waals surface area contributed by atoms with Crippen LogP contribution in [0.1, 0.15) is 0 Å². The fourth-order valence-electron chi connectivity index (χ4n) is 0.627. The van der Waals surface area contributed by atoms with Crippen LogP contribution in [-0.4, -0.2) is 4.55 Å². The molecule has 1 atom stereocenters. The molecule has 1 rings (SSSR count). The Hall–Kier alpha value is -0.0300. The standard InChI is InChI=1S/C6H2Cl2F2OS/c7-3-1-6(12(8)11)5(10)2-4(3)9/h1-2H. The number of hydrogen-bond acceptors (Lipinski definition) is 1. The van der Waals surface area contributed by atoms with Gasteiger partial charge < -0.3 is 4.55 Å². The molecule has 0 saturated heterocycles. The maximum absolute atomic E-state index is 12.7. The van der Waals surface area contributed by atoms with E-state index < -0.39 is 22.0 Å². The van der Waals surface area contributed by atoms with Crippen molar-refractivity contribution in [2.45, 2.75) is 4.90 Å². The molecule has 0 fully saturated rings. The number of hydrogen-bond donors (Lipinski definition) is 0. The highest BCUT2D eigenvalue weighted by Crippen LogP contribution is 2.25. The molecule has 0 aliphatic carbocycles. The largest absolute Gasteiger partial charge is 0.594 e. The van der Waals surface area contributed by atoms with Crippen LogP contribution in [0.25, 0.3) is 0 Å². The molecule has 0 radical (unpaired) electrons. The molecule has 0 aliphatic heterocycles. The lowest BCUT2D eigenvalue weighted by atomic mass is 10.3. The average molecular weight is 231 g/mol. The summed E-state index contributed by atoms with van der Waals surface area (Å²) in [4.78, 5) is -0.317. The van der Waals surface area contributed by atoms with Crippen LogP contribution in [0.2, 0.25) is 5.02 Å². The predicted molar refractivity (Wildman–Crippen MR) is 43.6 cm³/mol. The van der Waals surface area contributed by atoms with Gasteiger partial charge in [0, 0.05) is 12.1 Å². The van der Waals surface area contributed by atoms with E-state index in [1.165, 1.54) is 0 Å². The lowest BCUT2D eigenvalue weighted by molar-refractivity contribution is 0.553. The van der Waals surface area contributed by atoms with Crippen LogP contribution < -0.4 is 0 Å². The molecule has 0 heterocycles. The van der Waals surface area contributed by atoms with E-state index >= 15 is 0 Å². The van der Waals surface area contributed by atoms with Crippen molar-refractivity contribution in [1.82, 2.24) is 0 Å². The van der Waals surface area contributed by atoms with Gasteiger partial charge in [0.1, 0.15) is 16.2 Å². The van der Waals surface area contributed by atoms with Crippen LogP contribution in [0.5, 0.6) is 0 Å². The van der Waals surface area contributed by atoms with E-state index in [9.17, 15) is 13.3 Å². The summed E-state index contributed by atoms with van der Waals surface area (Å²) in [5.74, 6) is -1.87. The minimum absolute atomic E-state index is 0.305. The molecule has 0 aromatic heterocycles. The molecule has 66 valence electrons. The molecule has 0 spiro atoms. The zero-order chi connectivity index (χ0) is 9.30. The molecule has 0 amide bonds. The molecule has 0 N–H and O–H groups in total. The van der Waals surface area contributed by atoms with E-state index in [0.717, 1.165) is 6.07 Å². The highest BCUT2D eigenvalue weighted by atomic mass is 35.7. The summed E-state index contributed by atoms with van der Waals surface area (Å²) >= 11 is 5.30. The molecule has 1 unspecified atom stereocenters. The first-order valence-corrected chi connectivity index (χ1v) is 5.10. The van der Waals surface area contributed by atoms with Gasteiger partial charge in [-0.3, -0.25) is 0 Å². The minimum atomic E-state index is -2.01. The quantitative estimate of drug-likeness (QED) is 0.538. The maximum Gasteiger partial charge on any atom is 0.210 e. The molecular formula is C6H2Cl2F2OS. The first kappa shape index (κ1) is 10.1. The number of rotatable bonds is 1. The normalized spacial score (nSPS) is 13.1. The lowest BCUT2D eigenvalue weighted by Gasteiger charge is -2.01. The molecular weight excluding hydrogens is 229 g/mol. The van der Waals surface area contributed by atoms with Gasteiger partial charge in [-0.1, -0.05) is 11.6 Å². The van der Waals surface area contributed by atoms with Gasteiger partial charge in [-0.25, -0.2) is 8.78 Å². The zero-order valence-corrected chi connectivity index (χ0v) is 7.81. The third kappa shape index (κ3) is 2.01. The van der Waals surface area contributed by atoms with Gasteiger partial charge in [0.05, 0.1) is 5.02 Å². The van der Waals surface area contributed by atoms with Crippen molar-refractivity contribution in [3.8, 4) is 0 Å². The SMILES string of the molecule is [O-][S+](Cl)c1cc(Cl)c(F)cc1F. The Kier molecular flexibility index (Phi) is 3.17. The van der Waals surface area contributed by atoms with Crippen molar-refractivity contribution in [1.29, 1.82) is 0 Å². The smallest absolute Gasteiger partial charge is 0.210 e. The van der Waals surface area contributed by atoms with Crippen molar-refractivity contribution in [2.24, 2.45) is 0 Å². The number of benzene rings is 1. The van der Waals surface area contributed by atoms with E-state index in [1.54, 1.807) is 0 Å². The second-order valence-electron chi connectivity index (χ2n) is 1.92. The second-order valence-corrected chi connectivity index (χ2v) is 4.06. The van der Waals surface area contributed by atoms with E-state index in [1.807, 2.05) is 0 Å². The summed E-state index contributed by atoms with van der Waals surface area (Å²) in [6.45, 7) is 0. The molecule has 1 aromatic rings. The third-order valence-corrected chi connectivity index (χ3v) is 2.59. The van der Waals surface area contributed by atoms with E-state index in [0.29, 0.717) is 6.07 Å². The summed E-state index contributed by atoms with van der Waals surface area (Å²) in [6.07, 6.45) is 0. The van der Waals surface area contributed by atoms with Crippen molar-refractivity contribution in [3.63, 3.8) is 0 Å². The van der Waals surface area contributed by atoms with Gasteiger partial charge in [0.25, 0.3) is 0 Å². The summed E-state index contributed by atoms with van der Waals surface area (Å²) in [5.41, 5.74) is 0. The van der Waals surface area contributed by atoms with Crippen molar-refractivity contribution in [3.05, 3.63) is 28.8 Å². The van der Waals surface area contributed by atoms with Gasteiger partial charge in [-0.15, -0.1) is 0 Å². The molecule has 0 bridgehead atoms. The van der Waals surface area contributed by atoms with Crippen LogP contribution in [0.4, 0.5) is 8.78 Å². The Morgan fingerprint density at radius 2 is 1.83 bits per heavy atom. The molecule has 12 heavy (non-hydrogen) atoms. The third-order valence-electron chi connectivity index (χ3n) is 1.15. The summed E-state index contributed by atoms with van der Waals surface area (Å²) in [5, 5.41) is -0.305. The van der Waals surface area contributed by atoms with Gasteiger partial charge in [0.15, 0.2) is 16.5 Å². The second kappa shape index (κ2) is 3.79. The fourth-order valence-corrected chi connectivity index (χ4v) is 1.63. The molecule has 6 heteroatoms. The lowest BCUT2D eigenvalue weighted by Crippen LogP contribution is -1.96. The Morgan fingerprint density at radius 1 is 1.25 bits per heavy atom. The predicted octanol–water partition coefficient (Wildman–Crippen LogP) is 2.88. The first-order chi connectivity index (χ1) is 5.52. The van der Waals surface area contributed by atoms with Crippen molar-refractivity contribution >= 4 is 32.7 Å². The maximum atomic E-state index is 12.7. The zero-order valence-electron chi connectivity index (χ0n) is 5.48. The molecule has 1 aromatic carbocycles. The highest BCUT2D eigenvalue weighted by molar-refractivity contribution is 8.13. The van der Waals surface area contributed by atoms with E-state index in [-0.39, 0.29) is 9.92 Å². The van der Waals surface area contributed by atoms with E-state index in [2.05, 4.69) is 0 Å². The first-order valence-electron chi connectivity index (χ1n) is 2.75. The molecule has 1 nitrogen and oxygen atoms in total. The van der Waals surface area contributed by atoms with Crippen LogP contribution in [0.3, 0.4) is 0 Å². The van der Waals surface area contributed by atoms with Gasteiger partial charge in [-0.05, 0) is 0 Å². The summed E-state index contributed by atoms with van der Waals surface area (Å²) in [7, 11) is 3.07. The Morgan fingerprint density at radius 3 is 2.33 bits per heavy atom. The van der Waals surface area contributed by atoms with Crippen LogP contribution in [0, 0.1) is 11.6 Å². The minimum Gasteiger partial charge on any atom is -0.594 e. The van der Waals surface area contributed by atoms with Gasteiger partial charge >= 0.3 is 0 Å². The van der Waals surface area contributed by atoms with Crippen LogP contribution >= 0.6 is 22.3 Å². The van der Waals surface area contributed by atoms with Gasteiger partial charge in [0.2, 0.25) is 4.90 Å². The summed E-state index contributed by atoms with van der Waals surface area (Å²) < 4.78 is 35.8. The Labute approximate surface area is 80.0 Å². The van der Waals surface area contributed by atoms with Crippen LogP contribution in [-0.2, 0) is 10.4 Å². The highest BCUT2D eigenvalue weighted by Gasteiger charge is 2.18. The average Bonchev–Trinajstić information content (AvgIpc) is 1.96. The monoisotopic (exact) mass is 230 g/mol.